The van der Waals surface area contributed by atoms with Crippen LogP contribution >= 0.6 is 0 Å². The number of carbonyl (C=O) groups excluding carboxylic acids is 1. The van der Waals surface area contributed by atoms with E-state index in [4.69, 9.17) is 5.73 Å². The van der Waals surface area contributed by atoms with E-state index >= 15 is 0 Å². The van der Waals surface area contributed by atoms with Crippen molar-refractivity contribution in [3.8, 4) is 0 Å². The molecule has 2 aliphatic rings. The van der Waals surface area contributed by atoms with Gasteiger partial charge in [-0.25, -0.2) is 0 Å². The second-order valence-electron chi connectivity index (χ2n) is 5.69. The van der Waals surface area contributed by atoms with E-state index in [1.54, 1.807) is 0 Å². The van der Waals surface area contributed by atoms with Gasteiger partial charge in [0.05, 0.1) is 0 Å². The molecule has 1 aliphatic heterocycles. The lowest BCUT2D eigenvalue weighted by Gasteiger charge is -2.48. The Morgan fingerprint density at radius 3 is 2.62 bits per heavy atom. The Balaban J connectivity index is 1.60. The zero-order valence-electron chi connectivity index (χ0n) is 10.3. The van der Waals surface area contributed by atoms with Crippen molar-refractivity contribution in [1.82, 2.24) is 10.2 Å². The first kappa shape index (κ1) is 11.9. The zero-order chi connectivity index (χ0) is 11.8. The molecule has 0 aromatic heterocycles. The minimum absolute atomic E-state index is 0.0779. The van der Waals surface area contributed by atoms with Gasteiger partial charge in [-0.15, -0.1) is 0 Å². The standard InChI is InChI=1S/C12H23N3O/c1-9(2)14-11(16)5-6-15-7-12(13,8-15)10-3-4-10/h9-10H,3-8,13H2,1-2H3,(H,14,16). The van der Waals surface area contributed by atoms with Crippen molar-refractivity contribution >= 4 is 5.91 Å². The topological polar surface area (TPSA) is 58.4 Å². The molecule has 1 aliphatic carbocycles. The molecule has 0 aromatic rings. The maximum atomic E-state index is 11.4. The first-order valence-electron chi connectivity index (χ1n) is 6.30. The van der Waals surface area contributed by atoms with Crippen LogP contribution in [0.25, 0.3) is 0 Å². The average Bonchev–Trinajstić information content (AvgIpc) is 2.92. The molecule has 0 unspecified atom stereocenters. The molecule has 1 amide bonds. The second kappa shape index (κ2) is 4.34. The molecule has 2 rings (SSSR count). The van der Waals surface area contributed by atoms with E-state index in [2.05, 4.69) is 10.2 Å². The van der Waals surface area contributed by atoms with Crippen LogP contribution in [0, 0.1) is 5.92 Å². The van der Waals surface area contributed by atoms with Gasteiger partial charge in [-0.1, -0.05) is 0 Å². The predicted octanol–water partition coefficient (Wildman–Crippen LogP) is 0.324. The van der Waals surface area contributed by atoms with Crippen molar-refractivity contribution in [2.24, 2.45) is 11.7 Å². The monoisotopic (exact) mass is 225 g/mol. The Morgan fingerprint density at radius 1 is 1.50 bits per heavy atom. The number of nitrogens with two attached hydrogens (primary N) is 1. The van der Waals surface area contributed by atoms with E-state index in [0.29, 0.717) is 6.42 Å². The maximum Gasteiger partial charge on any atom is 0.221 e. The first-order valence-corrected chi connectivity index (χ1v) is 6.30. The van der Waals surface area contributed by atoms with Crippen LogP contribution in [0.4, 0.5) is 0 Å². The fraction of sp³-hybridized carbons (Fsp3) is 0.917. The van der Waals surface area contributed by atoms with Gasteiger partial charge in [0, 0.05) is 37.6 Å². The van der Waals surface area contributed by atoms with Crippen LogP contribution in [0.1, 0.15) is 33.1 Å². The molecule has 0 atom stereocenters. The third-order valence-corrected chi connectivity index (χ3v) is 3.53. The lowest BCUT2D eigenvalue weighted by atomic mass is 9.85. The van der Waals surface area contributed by atoms with Gasteiger partial charge in [-0.3, -0.25) is 9.69 Å². The number of amides is 1. The van der Waals surface area contributed by atoms with Gasteiger partial charge < -0.3 is 11.1 Å². The zero-order valence-corrected chi connectivity index (χ0v) is 10.3. The summed E-state index contributed by atoms with van der Waals surface area (Å²) in [6.07, 6.45) is 3.20. The quantitative estimate of drug-likeness (QED) is 0.708. The van der Waals surface area contributed by atoms with Crippen molar-refractivity contribution in [3.05, 3.63) is 0 Å². The molecule has 4 nitrogen and oxygen atoms in total. The normalized spacial score (nSPS) is 24.2. The summed E-state index contributed by atoms with van der Waals surface area (Å²) < 4.78 is 0. The number of nitrogens with one attached hydrogen (secondary N) is 1. The van der Waals surface area contributed by atoms with Gasteiger partial charge in [0.15, 0.2) is 0 Å². The number of likely N-dealkylation sites (tertiary alicyclic amines) is 1. The molecule has 3 N–H and O–H groups in total. The molecule has 2 fully saturated rings. The molecule has 16 heavy (non-hydrogen) atoms. The first-order chi connectivity index (χ1) is 7.49. The predicted molar refractivity (Wildman–Crippen MR) is 64.0 cm³/mol. The molecule has 92 valence electrons. The molecule has 1 saturated heterocycles. The van der Waals surface area contributed by atoms with E-state index in [1.807, 2.05) is 13.8 Å². The second-order valence-corrected chi connectivity index (χ2v) is 5.69. The van der Waals surface area contributed by atoms with E-state index in [-0.39, 0.29) is 17.5 Å². The Labute approximate surface area is 97.6 Å². The highest BCUT2D eigenvalue weighted by Crippen LogP contribution is 2.42. The molecule has 4 heteroatoms. The maximum absolute atomic E-state index is 11.4. The van der Waals surface area contributed by atoms with Crippen LogP contribution in [0.2, 0.25) is 0 Å². The van der Waals surface area contributed by atoms with Crippen molar-refractivity contribution in [3.63, 3.8) is 0 Å². The summed E-state index contributed by atoms with van der Waals surface area (Å²) >= 11 is 0. The van der Waals surface area contributed by atoms with Gasteiger partial charge in [0.2, 0.25) is 5.91 Å². The molecule has 0 radical (unpaired) electrons. The highest BCUT2D eigenvalue weighted by molar-refractivity contribution is 5.76. The van der Waals surface area contributed by atoms with Gasteiger partial charge in [0.1, 0.15) is 0 Å². The summed E-state index contributed by atoms with van der Waals surface area (Å²) in [5.41, 5.74) is 6.32. The van der Waals surface area contributed by atoms with Gasteiger partial charge in [-0.05, 0) is 32.6 Å². The van der Waals surface area contributed by atoms with Gasteiger partial charge >= 0.3 is 0 Å². The van der Waals surface area contributed by atoms with Crippen molar-refractivity contribution in [2.45, 2.75) is 44.7 Å². The molecule has 1 heterocycles. The highest BCUT2D eigenvalue weighted by Gasteiger charge is 2.49. The summed E-state index contributed by atoms with van der Waals surface area (Å²) in [5, 5.41) is 2.91. The highest BCUT2D eigenvalue weighted by atomic mass is 16.1. The van der Waals surface area contributed by atoms with Gasteiger partial charge in [0.25, 0.3) is 0 Å². The van der Waals surface area contributed by atoms with Crippen LogP contribution in [0.5, 0.6) is 0 Å². The summed E-state index contributed by atoms with van der Waals surface area (Å²) in [6.45, 7) is 6.78. The molecule has 0 spiro atoms. The van der Waals surface area contributed by atoms with Crippen LogP contribution in [-0.2, 0) is 4.79 Å². The van der Waals surface area contributed by atoms with E-state index in [1.165, 1.54) is 12.8 Å². The third kappa shape index (κ3) is 2.74. The largest absolute Gasteiger partial charge is 0.354 e. The summed E-state index contributed by atoms with van der Waals surface area (Å²) in [7, 11) is 0. The fourth-order valence-electron chi connectivity index (χ4n) is 2.51. The molecule has 0 bridgehead atoms. The number of hydrogen-bond donors (Lipinski definition) is 2. The van der Waals surface area contributed by atoms with Crippen molar-refractivity contribution in [2.75, 3.05) is 19.6 Å². The summed E-state index contributed by atoms with van der Waals surface area (Å²) in [4.78, 5) is 13.7. The Hall–Kier alpha value is -0.610. The third-order valence-electron chi connectivity index (χ3n) is 3.53. The Bertz CT molecular complexity index is 267. The van der Waals surface area contributed by atoms with Crippen LogP contribution in [0.15, 0.2) is 0 Å². The summed E-state index contributed by atoms with van der Waals surface area (Å²) in [5.74, 6) is 0.907. The lowest BCUT2D eigenvalue weighted by molar-refractivity contribution is -0.122. The SMILES string of the molecule is CC(C)NC(=O)CCN1CC(N)(C2CC2)C1. The Morgan fingerprint density at radius 2 is 2.12 bits per heavy atom. The van der Waals surface area contributed by atoms with Crippen molar-refractivity contribution in [1.29, 1.82) is 0 Å². The van der Waals surface area contributed by atoms with Crippen molar-refractivity contribution < 1.29 is 4.79 Å². The number of carbonyl (C=O) groups is 1. The minimum atomic E-state index is 0.0779. The van der Waals surface area contributed by atoms with Gasteiger partial charge in [-0.2, -0.15) is 0 Å². The minimum Gasteiger partial charge on any atom is -0.354 e. The molecule has 0 aromatic carbocycles. The number of nitrogens with zero attached hydrogens (tertiary/aromatic N) is 1. The summed E-state index contributed by atoms with van der Waals surface area (Å²) in [6, 6.07) is 0.240. The van der Waals surface area contributed by atoms with Crippen LogP contribution in [-0.4, -0.2) is 42.0 Å². The molecular formula is C12H23N3O. The lowest BCUT2D eigenvalue weighted by Crippen LogP contribution is -2.68. The molecular weight excluding hydrogens is 202 g/mol. The van der Waals surface area contributed by atoms with Crippen LogP contribution in [0.3, 0.4) is 0 Å². The number of hydrogen-bond acceptors (Lipinski definition) is 3. The smallest absolute Gasteiger partial charge is 0.221 e. The Kier molecular flexibility index (Phi) is 3.22. The van der Waals surface area contributed by atoms with Crippen LogP contribution < -0.4 is 11.1 Å². The van der Waals surface area contributed by atoms with E-state index in [9.17, 15) is 4.79 Å². The average molecular weight is 225 g/mol. The fourth-order valence-corrected chi connectivity index (χ4v) is 2.51. The molecule has 1 saturated carbocycles. The number of rotatable bonds is 5. The van der Waals surface area contributed by atoms with E-state index in [0.717, 1.165) is 25.6 Å². The van der Waals surface area contributed by atoms with E-state index < -0.39 is 0 Å².